The molecule has 1 aliphatic rings. The van der Waals surface area contributed by atoms with E-state index in [-0.39, 0.29) is 11.8 Å². The molecule has 1 heterocycles. The monoisotopic (exact) mass is 214 g/mol. The van der Waals surface area contributed by atoms with Gasteiger partial charge < -0.3 is 15.7 Å². The number of hydrogen-bond donors (Lipinski definition) is 2. The minimum atomic E-state index is -0.731. The van der Waals surface area contributed by atoms with Crippen molar-refractivity contribution < 1.29 is 9.90 Å². The molecule has 3 N–H and O–H groups in total. The Kier molecular flexibility index (Phi) is 3.73. The molecule has 1 rings (SSSR count). The highest BCUT2D eigenvalue weighted by atomic mass is 16.3. The van der Waals surface area contributed by atoms with Gasteiger partial charge in [-0.25, -0.2) is 0 Å². The third kappa shape index (κ3) is 2.92. The van der Waals surface area contributed by atoms with Crippen LogP contribution in [0.1, 0.15) is 33.6 Å². The second-order valence-corrected chi connectivity index (χ2v) is 4.92. The van der Waals surface area contributed by atoms with E-state index in [1.54, 1.807) is 11.8 Å². The molecule has 0 aromatic carbocycles. The van der Waals surface area contributed by atoms with E-state index in [0.29, 0.717) is 19.5 Å². The molecule has 0 aliphatic carbocycles. The number of nitrogens with zero attached hydrogens (tertiary/aromatic N) is 1. The second kappa shape index (κ2) is 4.49. The number of nitrogens with two attached hydrogens (primary N) is 1. The van der Waals surface area contributed by atoms with Crippen LogP contribution in [0.25, 0.3) is 0 Å². The van der Waals surface area contributed by atoms with Crippen molar-refractivity contribution >= 4 is 5.91 Å². The van der Waals surface area contributed by atoms with Crippen molar-refractivity contribution in [3.8, 4) is 0 Å². The Morgan fingerprint density at radius 1 is 1.67 bits per heavy atom. The van der Waals surface area contributed by atoms with Crippen LogP contribution in [0.5, 0.6) is 0 Å². The van der Waals surface area contributed by atoms with Gasteiger partial charge in [0, 0.05) is 13.1 Å². The smallest absolute Gasteiger partial charge is 0.239 e. The van der Waals surface area contributed by atoms with Gasteiger partial charge >= 0.3 is 0 Å². The maximum Gasteiger partial charge on any atom is 0.239 e. The molecule has 3 atom stereocenters. The molecule has 4 nitrogen and oxygen atoms in total. The molecule has 15 heavy (non-hydrogen) atoms. The van der Waals surface area contributed by atoms with E-state index in [0.717, 1.165) is 6.42 Å². The molecule has 0 bridgehead atoms. The fourth-order valence-corrected chi connectivity index (χ4v) is 1.84. The van der Waals surface area contributed by atoms with E-state index in [1.165, 1.54) is 0 Å². The Bertz CT molecular complexity index is 241. The molecule has 1 saturated heterocycles. The zero-order chi connectivity index (χ0) is 11.6. The van der Waals surface area contributed by atoms with Gasteiger partial charge in [0.2, 0.25) is 5.91 Å². The third-order valence-corrected chi connectivity index (χ3v) is 3.31. The van der Waals surface area contributed by atoms with E-state index in [4.69, 9.17) is 5.73 Å². The van der Waals surface area contributed by atoms with Crippen LogP contribution in [-0.2, 0) is 4.79 Å². The standard InChI is InChI=1S/C11H22N2O2/c1-4-8(2)9(12)10(14)13-6-5-11(3,15)7-13/h8-9,15H,4-7,12H2,1-3H3/t8-,9-,11?/m0/s1. The zero-order valence-corrected chi connectivity index (χ0v) is 9.86. The highest BCUT2D eigenvalue weighted by Crippen LogP contribution is 2.21. The number of β-amino-alcohol motifs (C(OH)–C–C–N with tert-alkyl or cyclic N) is 1. The molecule has 4 heteroatoms. The summed E-state index contributed by atoms with van der Waals surface area (Å²) in [4.78, 5) is 13.6. The quantitative estimate of drug-likeness (QED) is 0.712. The van der Waals surface area contributed by atoms with Crippen LogP contribution in [0.3, 0.4) is 0 Å². The average molecular weight is 214 g/mol. The minimum Gasteiger partial charge on any atom is -0.388 e. The number of rotatable bonds is 3. The normalized spacial score (nSPS) is 30.3. The number of amides is 1. The van der Waals surface area contributed by atoms with Gasteiger partial charge in [-0.05, 0) is 19.3 Å². The van der Waals surface area contributed by atoms with Crippen LogP contribution < -0.4 is 5.73 Å². The van der Waals surface area contributed by atoms with Crippen molar-refractivity contribution in [3.05, 3.63) is 0 Å². The molecule has 0 spiro atoms. The van der Waals surface area contributed by atoms with E-state index in [2.05, 4.69) is 0 Å². The Balaban J connectivity index is 2.55. The van der Waals surface area contributed by atoms with Gasteiger partial charge in [-0.1, -0.05) is 20.3 Å². The van der Waals surface area contributed by atoms with Crippen molar-refractivity contribution in [3.63, 3.8) is 0 Å². The summed E-state index contributed by atoms with van der Waals surface area (Å²) in [7, 11) is 0. The van der Waals surface area contributed by atoms with Gasteiger partial charge in [-0.15, -0.1) is 0 Å². The first-order chi connectivity index (χ1) is 6.87. The minimum absolute atomic E-state index is 0.0258. The lowest BCUT2D eigenvalue weighted by Gasteiger charge is -2.25. The summed E-state index contributed by atoms with van der Waals surface area (Å²) < 4.78 is 0. The average Bonchev–Trinajstić information content (AvgIpc) is 2.55. The molecular formula is C11H22N2O2. The lowest BCUT2D eigenvalue weighted by molar-refractivity contribution is -0.133. The molecule has 0 saturated carbocycles. The number of aliphatic hydroxyl groups is 1. The van der Waals surface area contributed by atoms with Gasteiger partial charge in [0.15, 0.2) is 0 Å². The Morgan fingerprint density at radius 2 is 2.27 bits per heavy atom. The predicted molar refractivity (Wildman–Crippen MR) is 59.3 cm³/mol. The summed E-state index contributed by atoms with van der Waals surface area (Å²) in [6.45, 7) is 6.80. The van der Waals surface area contributed by atoms with E-state index < -0.39 is 11.6 Å². The summed E-state index contributed by atoms with van der Waals surface area (Å²) in [6, 6.07) is -0.427. The van der Waals surface area contributed by atoms with Crippen LogP contribution >= 0.6 is 0 Å². The first kappa shape index (κ1) is 12.5. The third-order valence-electron chi connectivity index (χ3n) is 3.31. The van der Waals surface area contributed by atoms with Crippen molar-refractivity contribution in [2.45, 2.75) is 45.3 Å². The second-order valence-electron chi connectivity index (χ2n) is 4.92. The first-order valence-corrected chi connectivity index (χ1v) is 5.64. The summed E-state index contributed by atoms with van der Waals surface area (Å²) in [5.74, 6) is 0.171. The highest BCUT2D eigenvalue weighted by molar-refractivity contribution is 5.82. The van der Waals surface area contributed by atoms with Gasteiger partial charge in [-0.2, -0.15) is 0 Å². The number of carbonyl (C=O) groups is 1. The summed E-state index contributed by atoms with van der Waals surface area (Å²) in [5.41, 5.74) is 5.14. The number of likely N-dealkylation sites (tertiary alicyclic amines) is 1. The van der Waals surface area contributed by atoms with Crippen molar-refractivity contribution in [1.82, 2.24) is 4.90 Å². The molecule has 1 aliphatic heterocycles. The Hall–Kier alpha value is -0.610. The zero-order valence-electron chi connectivity index (χ0n) is 9.86. The lowest BCUT2D eigenvalue weighted by Crippen LogP contribution is -2.47. The van der Waals surface area contributed by atoms with Crippen molar-refractivity contribution in [2.24, 2.45) is 11.7 Å². The molecule has 0 aromatic rings. The maximum absolute atomic E-state index is 11.9. The number of hydrogen-bond acceptors (Lipinski definition) is 3. The molecule has 1 amide bonds. The van der Waals surface area contributed by atoms with E-state index >= 15 is 0 Å². The van der Waals surface area contributed by atoms with Gasteiger partial charge in [0.1, 0.15) is 0 Å². The van der Waals surface area contributed by atoms with Crippen LogP contribution in [-0.4, -0.2) is 40.6 Å². The Labute approximate surface area is 91.4 Å². The Morgan fingerprint density at radius 3 is 2.67 bits per heavy atom. The summed E-state index contributed by atoms with van der Waals surface area (Å²) in [6.07, 6.45) is 1.54. The van der Waals surface area contributed by atoms with Gasteiger partial charge in [0.25, 0.3) is 0 Å². The van der Waals surface area contributed by atoms with Crippen LogP contribution in [0.2, 0.25) is 0 Å². The summed E-state index contributed by atoms with van der Waals surface area (Å²) in [5, 5.41) is 9.76. The molecule has 88 valence electrons. The van der Waals surface area contributed by atoms with Crippen molar-refractivity contribution in [1.29, 1.82) is 0 Å². The predicted octanol–water partition coefficient (Wildman–Crippen LogP) is 0.343. The van der Waals surface area contributed by atoms with Crippen LogP contribution in [0.4, 0.5) is 0 Å². The molecule has 0 radical (unpaired) electrons. The number of carbonyl (C=O) groups excluding carboxylic acids is 1. The fourth-order valence-electron chi connectivity index (χ4n) is 1.84. The van der Waals surface area contributed by atoms with Crippen LogP contribution in [0, 0.1) is 5.92 Å². The van der Waals surface area contributed by atoms with E-state index in [9.17, 15) is 9.90 Å². The lowest BCUT2D eigenvalue weighted by atomic mass is 9.99. The highest BCUT2D eigenvalue weighted by Gasteiger charge is 2.36. The summed E-state index contributed by atoms with van der Waals surface area (Å²) >= 11 is 0. The SMILES string of the molecule is CC[C@H](C)[C@H](N)C(=O)N1CCC(C)(O)C1. The molecular weight excluding hydrogens is 192 g/mol. The molecule has 0 aromatic heterocycles. The fraction of sp³-hybridized carbons (Fsp3) is 0.909. The largest absolute Gasteiger partial charge is 0.388 e. The first-order valence-electron chi connectivity index (χ1n) is 5.64. The van der Waals surface area contributed by atoms with Crippen molar-refractivity contribution in [2.75, 3.05) is 13.1 Å². The molecule has 1 unspecified atom stereocenters. The maximum atomic E-state index is 11.9. The van der Waals surface area contributed by atoms with Gasteiger partial charge in [0.05, 0.1) is 11.6 Å². The van der Waals surface area contributed by atoms with Crippen LogP contribution in [0.15, 0.2) is 0 Å². The molecule has 1 fully saturated rings. The van der Waals surface area contributed by atoms with Gasteiger partial charge in [-0.3, -0.25) is 4.79 Å². The van der Waals surface area contributed by atoms with E-state index in [1.807, 2.05) is 13.8 Å². The topological polar surface area (TPSA) is 66.6 Å².